The summed E-state index contributed by atoms with van der Waals surface area (Å²) >= 11 is 0. The minimum absolute atomic E-state index is 0.0596. The molecule has 6 heteroatoms. The van der Waals surface area contributed by atoms with Crippen molar-refractivity contribution in [2.45, 2.75) is 25.0 Å². The molecule has 0 unspecified atom stereocenters. The first-order valence-electron chi connectivity index (χ1n) is 8.26. The second kappa shape index (κ2) is 6.29. The Morgan fingerprint density at radius 2 is 2.12 bits per heavy atom. The largest absolute Gasteiger partial charge is 0.391 e. The van der Waals surface area contributed by atoms with Crippen LogP contribution in [0, 0.1) is 5.82 Å². The Kier molecular flexibility index (Phi) is 3.97. The van der Waals surface area contributed by atoms with E-state index in [0.29, 0.717) is 13.0 Å². The molecular weight excluding hydrogens is 321 g/mol. The second-order valence-electron chi connectivity index (χ2n) is 6.39. The maximum absolute atomic E-state index is 13.2. The van der Waals surface area contributed by atoms with Crippen LogP contribution in [0.15, 0.2) is 48.8 Å². The number of aliphatic hydroxyl groups excluding tert-OH is 1. The number of carbonyl (C=O) groups excluding carboxylic acids is 1. The maximum atomic E-state index is 13.2. The van der Waals surface area contributed by atoms with Gasteiger partial charge in [0, 0.05) is 24.3 Å². The molecule has 0 radical (unpaired) electrons. The molecule has 1 aliphatic heterocycles. The van der Waals surface area contributed by atoms with Crippen molar-refractivity contribution in [2.75, 3.05) is 6.54 Å². The van der Waals surface area contributed by atoms with E-state index in [-0.39, 0.29) is 24.2 Å². The molecule has 1 saturated heterocycles. The van der Waals surface area contributed by atoms with Crippen LogP contribution in [0.25, 0.3) is 11.0 Å². The fourth-order valence-corrected chi connectivity index (χ4v) is 3.51. The average Bonchev–Trinajstić information content (AvgIpc) is 3.20. The van der Waals surface area contributed by atoms with Gasteiger partial charge in [-0.25, -0.2) is 9.37 Å². The first-order valence-corrected chi connectivity index (χ1v) is 8.26. The molecule has 1 aliphatic rings. The van der Waals surface area contributed by atoms with Crippen LogP contribution in [0.1, 0.15) is 23.6 Å². The number of H-pyrrole nitrogens is 1. The summed E-state index contributed by atoms with van der Waals surface area (Å²) in [6, 6.07) is 9.65. The van der Waals surface area contributed by atoms with Crippen molar-refractivity contribution in [3.63, 3.8) is 0 Å². The van der Waals surface area contributed by atoms with Gasteiger partial charge in [0.15, 0.2) is 0 Å². The van der Waals surface area contributed by atoms with Gasteiger partial charge in [-0.1, -0.05) is 12.1 Å². The minimum atomic E-state index is -0.566. The van der Waals surface area contributed by atoms with Gasteiger partial charge in [0.2, 0.25) is 5.91 Å². The highest BCUT2D eigenvalue weighted by molar-refractivity contribution is 5.87. The summed E-state index contributed by atoms with van der Waals surface area (Å²) in [5, 5.41) is 11.0. The van der Waals surface area contributed by atoms with E-state index >= 15 is 0 Å². The smallest absolute Gasteiger partial charge is 0.227 e. The summed E-state index contributed by atoms with van der Waals surface area (Å²) in [6.45, 7) is 0.293. The first kappa shape index (κ1) is 15.8. The number of aromatic nitrogens is 2. The number of hydrogen-bond donors (Lipinski definition) is 2. The summed E-state index contributed by atoms with van der Waals surface area (Å²) in [6.07, 6.45) is 3.63. The highest BCUT2D eigenvalue weighted by Gasteiger charge is 2.35. The molecule has 2 N–H and O–H groups in total. The van der Waals surface area contributed by atoms with E-state index < -0.39 is 6.10 Å². The van der Waals surface area contributed by atoms with E-state index in [1.807, 2.05) is 12.1 Å². The molecule has 3 aromatic rings. The number of aliphatic hydroxyl groups is 1. The third-order valence-corrected chi connectivity index (χ3v) is 4.73. The van der Waals surface area contributed by atoms with Crippen molar-refractivity contribution in [3.05, 3.63) is 65.7 Å². The van der Waals surface area contributed by atoms with Crippen molar-refractivity contribution in [1.82, 2.24) is 14.9 Å². The van der Waals surface area contributed by atoms with Crippen LogP contribution in [-0.4, -0.2) is 38.5 Å². The lowest BCUT2D eigenvalue weighted by atomic mass is 10.0. The Morgan fingerprint density at radius 1 is 1.32 bits per heavy atom. The van der Waals surface area contributed by atoms with E-state index in [2.05, 4.69) is 9.97 Å². The third-order valence-electron chi connectivity index (χ3n) is 4.73. The zero-order valence-corrected chi connectivity index (χ0v) is 13.5. The number of nitrogens with one attached hydrogen (secondary N) is 1. The topological polar surface area (TPSA) is 69.2 Å². The number of aromatic amines is 1. The van der Waals surface area contributed by atoms with Crippen LogP contribution in [0.2, 0.25) is 0 Å². The number of β-amino-alcohol motifs (C(OH)–C–C–N with tert-alkyl or cyclic N) is 1. The van der Waals surface area contributed by atoms with Crippen molar-refractivity contribution in [2.24, 2.45) is 0 Å². The fraction of sp³-hybridized carbons (Fsp3) is 0.263. The normalized spacial score (nSPS) is 20.3. The monoisotopic (exact) mass is 339 g/mol. The molecule has 0 aliphatic carbocycles. The number of nitrogens with zero attached hydrogens (tertiary/aromatic N) is 2. The molecule has 1 aromatic carbocycles. The minimum Gasteiger partial charge on any atom is -0.391 e. The molecule has 0 saturated carbocycles. The summed E-state index contributed by atoms with van der Waals surface area (Å²) in [5.74, 6) is -0.373. The zero-order valence-electron chi connectivity index (χ0n) is 13.5. The first-order chi connectivity index (χ1) is 12.1. The lowest BCUT2D eigenvalue weighted by molar-refractivity contribution is -0.131. The van der Waals surface area contributed by atoms with Crippen LogP contribution in [0.3, 0.4) is 0 Å². The van der Waals surface area contributed by atoms with Gasteiger partial charge in [-0.2, -0.15) is 0 Å². The number of pyridine rings is 1. The Morgan fingerprint density at radius 3 is 2.92 bits per heavy atom. The Hall–Kier alpha value is -2.73. The van der Waals surface area contributed by atoms with Gasteiger partial charge in [-0.3, -0.25) is 4.79 Å². The van der Waals surface area contributed by atoms with Crippen LogP contribution >= 0.6 is 0 Å². The summed E-state index contributed by atoms with van der Waals surface area (Å²) < 4.78 is 13.2. The lowest BCUT2D eigenvalue weighted by Crippen LogP contribution is -2.33. The van der Waals surface area contributed by atoms with Gasteiger partial charge in [-0.05, 0) is 41.8 Å². The Labute approximate surface area is 144 Å². The van der Waals surface area contributed by atoms with Crippen LogP contribution in [-0.2, 0) is 11.2 Å². The van der Waals surface area contributed by atoms with Gasteiger partial charge < -0.3 is 15.0 Å². The quantitative estimate of drug-likeness (QED) is 0.771. The molecule has 0 bridgehead atoms. The van der Waals surface area contributed by atoms with Crippen molar-refractivity contribution in [1.29, 1.82) is 0 Å². The molecule has 0 spiro atoms. The fourth-order valence-electron chi connectivity index (χ4n) is 3.51. The molecule has 1 amide bonds. The summed E-state index contributed by atoms with van der Waals surface area (Å²) in [5.41, 5.74) is 2.47. The molecule has 2 atom stereocenters. The molecule has 128 valence electrons. The van der Waals surface area contributed by atoms with Crippen molar-refractivity contribution in [3.8, 4) is 0 Å². The van der Waals surface area contributed by atoms with E-state index in [9.17, 15) is 14.3 Å². The number of amides is 1. The predicted molar refractivity (Wildman–Crippen MR) is 91.3 cm³/mol. The van der Waals surface area contributed by atoms with Crippen molar-refractivity contribution >= 4 is 16.9 Å². The van der Waals surface area contributed by atoms with Crippen LogP contribution in [0.4, 0.5) is 4.39 Å². The van der Waals surface area contributed by atoms with Crippen LogP contribution in [0.5, 0.6) is 0 Å². The van der Waals surface area contributed by atoms with E-state index in [1.54, 1.807) is 29.4 Å². The molecule has 25 heavy (non-hydrogen) atoms. The van der Waals surface area contributed by atoms with Gasteiger partial charge in [0.25, 0.3) is 0 Å². The Bertz CT molecular complexity index is 906. The molecule has 5 nitrogen and oxygen atoms in total. The second-order valence-corrected chi connectivity index (χ2v) is 6.39. The van der Waals surface area contributed by atoms with E-state index in [4.69, 9.17) is 0 Å². The number of rotatable bonds is 3. The Balaban J connectivity index is 1.58. The lowest BCUT2D eigenvalue weighted by Gasteiger charge is -2.24. The SMILES string of the molecule is O=C(Cc1c[nH]c2ncccc12)N1C[C@@H](O)C[C@@H]1c1ccc(F)cc1. The number of hydrogen-bond acceptors (Lipinski definition) is 3. The highest BCUT2D eigenvalue weighted by Crippen LogP contribution is 2.33. The van der Waals surface area contributed by atoms with E-state index in [1.165, 1.54) is 12.1 Å². The highest BCUT2D eigenvalue weighted by atomic mass is 19.1. The zero-order chi connectivity index (χ0) is 17.4. The predicted octanol–water partition coefficient (Wildman–Crippen LogP) is 2.58. The third kappa shape index (κ3) is 3.00. The number of likely N-dealkylation sites (tertiary alicyclic amines) is 1. The van der Waals surface area contributed by atoms with Crippen LogP contribution < -0.4 is 0 Å². The summed E-state index contributed by atoms with van der Waals surface area (Å²) in [7, 11) is 0. The standard InChI is InChI=1S/C19H18FN3O2/c20-14-5-3-12(4-6-14)17-9-15(24)11-23(17)18(25)8-13-10-22-19-16(13)2-1-7-21-19/h1-7,10,15,17,24H,8-9,11H2,(H,21,22)/t15-,17+/m0/s1. The number of halogens is 1. The van der Waals surface area contributed by atoms with Gasteiger partial charge in [-0.15, -0.1) is 0 Å². The molecule has 3 heterocycles. The number of fused-ring (bicyclic) bond motifs is 1. The molecular formula is C19H18FN3O2. The van der Waals surface area contributed by atoms with Gasteiger partial charge in [0.05, 0.1) is 18.6 Å². The van der Waals surface area contributed by atoms with Gasteiger partial charge >= 0.3 is 0 Å². The van der Waals surface area contributed by atoms with Crippen molar-refractivity contribution < 1.29 is 14.3 Å². The number of benzene rings is 1. The molecule has 2 aromatic heterocycles. The molecule has 4 rings (SSSR count). The number of carbonyl (C=O) groups is 1. The maximum Gasteiger partial charge on any atom is 0.227 e. The molecule has 1 fully saturated rings. The average molecular weight is 339 g/mol. The summed E-state index contributed by atoms with van der Waals surface area (Å²) in [4.78, 5) is 21.8. The van der Waals surface area contributed by atoms with E-state index in [0.717, 1.165) is 22.2 Å². The van der Waals surface area contributed by atoms with Gasteiger partial charge in [0.1, 0.15) is 11.5 Å².